The Balaban J connectivity index is 2.85. The van der Waals surface area contributed by atoms with E-state index in [1.165, 1.54) is 10.5 Å². The molecule has 0 unspecified atom stereocenters. The number of aromatic carboxylic acids is 1. The van der Waals surface area contributed by atoms with Gasteiger partial charge in [-0.1, -0.05) is 6.07 Å². The second-order valence-corrected chi connectivity index (χ2v) is 3.07. The van der Waals surface area contributed by atoms with Gasteiger partial charge in [0.15, 0.2) is 0 Å². The summed E-state index contributed by atoms with van der Waals surface area (Å²) in [5, 5.41) is 8.91. The number of carbonyl (C=O) groups excluding carboxylic acids is 1. The highest BCUT2D eigenvalue weighted by molar-refractivity contribution is 6.01. The number of aromatic nitrogens is 1. The monoisotopic (exact) mass is 204 g/mol. The van der Waals surface area contributed by atoms with Crippen molar-refractivity contribution in [1.82, 2.24) is 4.40 Å². The Morgan fingerprint density at radius 1 is 1.33 bits per heavy atom. The van der Waals surface area contributed by atoms with Crippen LogP contribution in [0.4, 0.5) is 0 Å². The molecule has 0 spiro atoms. The number of nitrogens with zero attached hydrogens (tertiary/aromatic N) is 1. The number of carboxylic acids is 1. The number of hydrogen-bond acceptors (Lipinski definition) is 2. The van der Waals surface area contributed by atoms with Crippen LogP contribution in [-0.2, 0) is 0 Å². The van der Waals surface area contributed by atoms with Gasteiger partial charge >= 0.3 is 5.97 Å². The zero-order chi connectivity index (χ0) is 11.0. The molecule has 2 rings (SSSR count). The minimum absolute atomic E-state index is 0.0735. The molecular formula is C10H8N2O3. The standard InChI is InChI=1S/C10H8N2O3/c11-9(13)8-5-6(10(14)15)7-3-1-2-4-12(7)8/h1-5H,(H2,11,13)(H,14,15). The first-order valence-corrected chi connectivity index (χ1v) is 4.24. The van der Waals surface area contributed by atoms with E-state index in [4.69, 9.17) is 10.8 Å². The van der Waals surface area contributed by atoms with Gasteiger partial charge in [-0.15, -0.1) is 0 Å². The van der Waals surface area contributed by atoms with E-state index in [0.29, 0.717) is 5.52 Å². The fourth-order valence-corrected chi connectivity index (χ4v) is 1.51. The molecule has 76 valence electrons. The molecular weight excluding hydrogens is 196 g/mol. The van der Waals surface area contributed by atoms with Gasteiger partial charge in [-0.25, -0.2) is 4.79 Å². The number of primary amides is 1. The summed E-state index contributed by atoms with van der Waals surface area (Å²) in [6.45, 7) is 0. The van der Waals surface area contributed by atoms with Crippen molar-refractivity contribution in [3.8, 4) is 0 Å². The number of fused-ring (bicyclic) bond motifs is 1. The molecule has 2 aromatic heterocycles. The van der Waals surface area contributed by atoms with E-state index < -0.39 is 11.9 Å². The van der Waals surface area contributed by atoms with Gasteiger partial charge in [0.2, 0.25) is 0 Å². The van der Waals surface area contributed by atoms with Crippen LogP contribution in [0.3, 0.4) is 0 Å². The predicted octanol–water partition coefficient (Wildman–Crippen LogP) is 0.736. The summed E-state index contributed by atoms with van der Waals surface area (Å²) < 4.78 is 1.46. The second kappa shape index (κ2) is 3.13. The van der Waals surface area contributed by atoms with Crippen molar-refractivity contribution in [3.63, 3.8) is 0 Å². The van der Waals surface area contributed by atoms with Crippen LogP contribution in [0.5, 0.6) is 0 Å². The number of carbonyl (C=O) groups is 2. The van der Waals surface area contributed by atoms with E-state index in [0.717, 1.165) is 0 Å². The minimum Gasteiger partial charge on any atom is -0.478 e. The maximum Gasteiger partial charge on any atom is 0.337 e. The zero-order valence-corrected chi connectivity index (χ0v) is 7.68. The molecule has 0 aliphatic rings. The molecule has 0 fully saturated rings. The summed E-state index contributed by atoms with van der Waals surface area (Å²) in [6.07, 6.45) is 1.60. The molecule has 0 aliphatic heterocycles. The molecule has 0 aromatic carbocycles. The van der Waals surface area contributed by atoms with E-state index in [2.05, 4.69) is 0 Å². The van der Waals surface area contributed by atoms with Gasteiger partial charge in [-0.3, -0.25) is 4.79 Å². The molecule has 2 heterocycles. The lowest BCUT2D eigenvalue weighted by atomic mass is 10.2. The molecule has 0 radical (unpaired) electrons. The van der Waals surface area contributed by atoms with Crippen molar-refractivity contribution in [3.05, 3.63) is 41.7 Å². The normalized spacial score (nSPS) is 10.4. The highest BCUT2D eigenvalue weighted by atomic mass is 16.4. The number of rotatable bonds is 2. The van der Waals surface area contributed by atoms with Crippen LogP contribution in [0.2, 0.25) is 0 Å². The fourth-order valence-electron chi connectivity index (χ4n) is 1.51. The van der Waals surface area contributed by atoms with Crippen molar-refractivity contribution in [2.45, 2.75) is 0 Å². The lowest BCUT2D eigenvalue weighted by molar-refractivity contribution is 0.0699. The van der Waals surface area contributed by atoms with E-state index in [-0.39, 0.29) is 11.3 Å². The van der Waals surface area contributed by atoms with E-state index in [1.54, 1.807) is 24.4 Å². The molecule has 5 nitrogen and oxygen atoms in total. The van der Waals surface area contributed by atoms with Gasteiger partial charge in [0, 0.05) is 6.20 Å². The van der Waals surface area contributed by atoms with Gasteiger partial charge in [0.1, 0.15) is 5.69 Å². The van der Waals surface area contributed by atoms with E-state index >= 15 is 0 Å². The number of hydrogen-bond donors (Lipinski definition) is 2. The first kappa shape index (κ1) is 9.26. The number of amides is 1. The van der Waals surface area contributed by atoms with E-state index in [9.17, 15) is 9.59 Å². The highest BCUT2D eigenvalue weighted by Crippen LogP contribution is 2.16. The summed E-state index contributed by atoms with van der Waals surface area (Å²) >= 11 is 0. The second-order valence-electron chi connectivity index (χ2n) is 3.07. The Morgan fingerprint density at radius 2 is 2.07 bits per heavy atom. The summed E-state index contributed by atoms with van der Waals surface area (Å²) in [7, 11) is 0. The SMILES string of the molecule is NC(=O)c1cc(C(=O)O)c2ccccn12. The molecule has 0 bridgehead atoms. The smallest absolute Gasteiger partial charge is 0.337 e. The predicted molar refractivity (Wildman–Crippen MR) is 52.9 cm³/mol. The molecule has 1 amide bonds. The average Bonchev–Trinajstić information content (AvgIpc) is 2.56. The fraction of sp³-hybridized carbons (Fsp3) is 0. The van der Waals surface area contributed by atoms with Crippen LogP contribution >= 0.6 is 0 Å². The largest absolute Gasteiger partial charge is 0.478 e. The third-order valence-electron chi connectivity index (χ3n) is 2.16. The van der Waals surface area contributed by atoms with Crippen molar-refractivity contribution < 1.29 is 14.7 Å². The Morgan fingerprint density at radius 3 is 2.67 bits per heavy atom. The van der Waals surface area contributed by atoms with Gasteiger partial charge in [-0.2, -0.15) is 0 Å². The molecule has 15 heavy (non-hydrogen) atoms. The molecule has 0 saturated heterocycles. The maximum absolute atomic E-state index is 11.1. The Hall–Kier alpha value is -2.30. The number of pyridine rings is 1. The van der Waals surface area contributed by atoms with Crippen molar-refractivity contribution in [1.29, 1.82) is 0 Å². The first-order valence-electron chi connectivity index (χ1n) is 4.24. The third kappa shape index (κ3) is 1.34. The Labute approximate surface area is 84.7 Å². The van der Waals surface area contributed by atoms with Gasteiger partial charge < -0.3 is 15.2 Å². The van der Waals surface area contributed by atoms with Crippen molar-refractivity contribution in [2.24, 2.45) is 5.73 Å². The molecule has 0 aliphatic carbocycles. The van der Waals surface area contributed by atoms with Crippen LogP contribution in [0.25, 0.3) is 5.52 Å². The summed E-state index contributed by atoms with van der Waals surface area (Å²) in [6, 6.07) is 6.30. The lowest BCUT2D eigenvalue weighted by Crippen LogP contribution is -2.13. The lowest BCUT2D eigenvalue weighted by Gasteiger charge is -1.97. The van der Waals surface area contributed by atoms with Crippen LogP contribution in [0, 0.1) is 0 Å². The van der Waals surface area contributed by atoms with Crippen LogP contribution < -0.4 is 5.73 Å². The topological polar surface area (TPSA) is 84.8 Å². The Bertz CT molecular complexity index is 509. The quantitative estimate of drug-likeness (QED) is 0.756. The molecule has 0 atom stereocenters. The van der Waals surface area contributed by atoms with Crippen molar-refractivity contribution >= 4 is 17.4 Å². The molecule has 3 N–H and O–H groups in total. The van der Waals surface area contributed by atoms with Gasteiger partial charge in [0.25, 0.3) is 5.91 Å². The maximum atomic E-state index is 11.1. The third-order valence-corrected chi connectivity index (χ3v) is 2.16. The summed E-state index contributed by atoms with van der Waals surface area (Å²) in [5.41, 5.74) is 5.84. The van der Waals surface area contributed by atoms with Gasteiger partial charge in [-0.05, 0) is 18.2 Å². The van der Waals surface area contributed by atoms with Crippen LogP contribution in [-0.4, -0.2) is 21.4 Å². The zero-order valence-electron chi connectivity index (χ0n) is 7.68. The first-order chi connectivity index (χ1) is 7.11. The van der Waals surface area contributed by atoms with Crippen molar-refractivity contribution in [2.75, 3.05) is 0 Å². The van der Waals surface area contributed by atoms with Crippen LogP contribution in [0.1, 0.15) is 20.8 Å². The molecule has 0 saturated carbocycles. The average molecular weight is 204 g/mol. The Kier molecular flexibility index (Phi) is 1.93. The molecule has 5 heteroatoms. The highest BCUT2D eigenvalue weighted by Gasteiger charge is 2.16. The van der Waals surface area contributed by atoms with Crippen LogP contribution in [0.15, 0.2) is 30.5 Å². The van der Waals surface area contributed by atoms with E-state index in [1.807, 2.05) is 0 Å². The summed E-state index contributed by atoms with van der Waals surface area (Å²) in [5.74, 6) is -1.73. The van der Waals surface area contributed by atoms with Gasteiger partial charge in [0.05, 0.1) is 11.1 Å². The number of carboxylic acid groups (broad SMARTS) is 1. The minimum atomic E-state index is -1.08. The summed E-state index contributed by atoms with van der Waals surface area (Å²) in [4.78, 5) is 21.9. The molecule has 2 aromatic rings. The number of nitrogens with two attached hydrogens (primary N) is 1.